The Labute approximate surface area is 183 Å². The fraction of sp³-hybridized carbons (Fsp3) is 0.167. The van der Waals surface area contributed by atoms with E-state index in [0.29, 0.717) is 24.2 Å². The molecule has 0 unspecified atom stereocenters. The minimum Gasteiger partial charge on any atom is -0.384 e. The number of nitrogens with one attached hydrogen (secondary N) is 3. The lowest BCUT2D eigenvalue weighted by molar-refractivity contribution is -0.136. The standard InChI is InChI=1S/C24H21F3N4O/c1-15-5-4-7-21-22(15)18(23(32)31-21)14-30-17-8-9-20(19(13-17)24(25,26)27)29-12-10-16-6-2-3-11-28-16/h2-9,11,13-14,29-30H,10,12H2,1H3,(H,31,32)/b18-14+. The summed E-state index contributed by atoms with van der Waals surface area (Å²) in [5, 5.41) is 8.46. The van der Waals surface area contributed by atoms with Crippen LogP contribution in [-0.2, 0) is 17.4 Å². The molecule has 1 amide bonds. The van der Waals surface area contributed by atoms with Crippen molar-refractivity contribution in [2.45, 2.75) is 19.5 Å². The lowest BCUT2D eigenvalue weighted by Gasteiger charge is -2.16. The quantitative estimate of drug-likeness (QED) is 0.447. The van der Waals surface area contributed by atoms with E-state index in [4.69, 9.17) is 0 Å². The van der Waals surface area contributed by atoms with Crippen molar-refractivity contribution in [1.29, 1.82) is 0 Å². The molecule has 2 aromatic carbocycles. The number of fused-ring (bicyclic) bond motifs is 1. The van der Waals surface area contributed by atoms with Crippen molar-refractivity contribution in [3.8, 4) is 0 Å². The monoisotopic (exact) mass is 438 g/mol. The smallest absolute Gasteiger partial charge is 0.384 e. The minimum atomic E-state index is -4.54. The van der Waals surface area contributed by atoms with Crippen LogP contribution >= 0.6 is 0 Å². The highest BCUT2D eigenvalue weighted by Gasteiger charge is 2.34. The molecule has 0 radical (unpaired) electrons. The number of alkyl halides is 3. The summed E-state index contributed by atoms with van der Waals surface area (Å²) in [7, 11) is 0. The summed E-state index contributed by atoms with van der Waals surface area (Å²) in [6, 6.07) is 14.9. The second kappa shape index (κ2) is 8.74. The van der Waals surface area contributed by atoms with Gasteiger partial charge in [0.15, 0.2) is 0 Å². The number of nitrogens with zero attached hydrogens (tertiary/aromatic N) is 1. The zero-order valence-corrected chi connectivity index (χ0v) is 17.3. The number of halogens is 3. The summed E-state index contributed by atoms with van der Waals surface area (Å²) in [5.41, 5.74) is 2.95. The average Bonchev–Trinajstić information content (AvgIpc) is 3.09. The summed E-state index contributed by atoms with van der Waals surface area (Å²) in [5.74, 6) is -0.300. The minimum absolute atomic E-state index is 0.00793. The van der Waals surface area contributed by atoms with Crippen molar-refractivity contribution in [2.75, 3.05) is 22.5 Å². The highest BCUT2D eigenvalue weighted by Crippen LogP contribution is 2.37. The van der Waals surface area contributed by atoms with Crippen molar-refractivity contribution in [3.63, 3.8) is 0 Å². The van der Waals surface area contributed by atoms with Crippen molar-refractivity contribution in [3.05, 3.63) is 89.4 Å². The molecule has 0 fully saturated rings. The number of pyridine rings is 1. The predicted octanol–water partition coefficient (Wildman–Crippen LogP) is 5.47. The first kappa shape index (κ1) is 21.4. The van der Waals surface area contributed by atoms with Gasteiger partial charge in [0.05, 0.1) is 11.1 Å². The first-order chi connectivity index (χ1) is 15.3. The third kappa shape index (κ3) is 4.59. The Morgan fingerprint density at radius 2 is 1.94 bits per heavy atom. The first-order valence-electron chi connectivity index (χ1n) is 10.1. The molecule has 0 spiro atoms. The van der Waals surface area contributed by atoms with Crippen LogP contribution in [0, 0.1) is 6.92 Å². The summed E-state index contributed by atoms with van der Waals surface area (Å²) < 4.78 is 41.0. The van der Waals surface area contributed by atoms with Gasteiger partial charge in [-0.2, -0.15) is 13.2 Å². The van der Waals surface area contributed by atoms with E-state index < -0.39 is 11.7 Å². The maximum atomic E-state index is 13.7. The number of aromatic nitrogens is 1. The summed E-state index contributed by atoms with van der Waals surface area (Å²) in [6.07, 6.45) is -0.946. The molecule has 1 aromatic heterocycles. The van der Waals surface area contributed by atoms with Crippen LogP contribution in [-0.4, -0.2) is 17.4 Å². The Bertz CT molecular complexity index is 1170. The Morgan fingerprint density at radius 1 is 1.09 bits per heavy atom. The van der Waals surface area contributed by atoms with E-state index in [1.54, 1.807) is 24.4 Å². The molecular formula is C24H21F3N4O. The Morgan fingerprint density at radius 3 is 2.69 bits per heavy atom. The van der Waals surface area contributed by atoms with Crippen LogP contribution < -0.4 is 16.0 Å². The molecule has 4 rings (SSSR count). The first-order valence-corrected chi connectivity index (χ1v) is 10.1. The number of hydrogen-bond acceptors (Lipinski definition) is 4. The molecule has 0 aliphatic carbocycles. The number of amides is 1. The zero-order valence-electron chi connectivity index (χ0n) is 17.3. The summed E-state index contributed by atoms with van der Waals surface area (Å²) >= 11 is 0. The van der Waals surface area contributed by atoms with Crippen LogP contribution in [0.25, 0.3) is 5.57 Å². The van der Waals surface area contributed by atoms with Gasteiger partial charge in [-0.15, -0.1) is 0 Å². The molecule has 5 nitrogen and oxygen atoms in total. The molecule has 0 saturated heterocycles. The maximum absolute atomic E-state index is 13.7. The van der Waals surface area contributed by atoms with E-state index in [9.17, 15) is 18.0 Å². The molecule has 8 heteroatoms. The Kier molecular flexibility index (Phi) is 5.85. The molecule has 1 aliphatic rings. The largest absolute Gasteiger partial charge is 0.418 e. The van der Waals surface area contributed by atoms with Gasteiger partial charge in [0.25, 0.3) is 5.91 Å². The van der Waals surface area contributed by atoms with Crippen LogP contribution in [0.4, 0.5) is 30.2 Å². The highest BCUT2D eigenvalue weighted by atomic mass is 19.4. The molecule has 1 aliphatic heterocycles. The Hall–Kier alpha value is -3.81. The van der Waals surface area contributed by atoms with Gasteiger partial charge in [-0.05, 0) is 48.9 Å². The van der Waals surface area contributed by atoms with E-state index in [2.05, 4.69) is 20.9 Å². The van der Waals surface area contributed by atoms with E-state index in [1.165, 1.54) is 12.3 Å². The molecule has 3 aromatic rings. The molecule has 32 heavy (non-hydrogen) atoms. The number of rotatable bonds is 6. The molecule has 164 valence electrons. The molecule has 0 atom stereocenters. The third-order valence-corrected chi connectivity index (χ3v) is 5.17. The van der Waals surface area contributed by atoms with Gasteiger partial charge in [-0.25, -0.2) is 0 Å². The summed E-state index contributed by atoms with van der Waals surface area (Å²) in [4.78, 5) is 16.5. The molecule has 2 heterocycles. The number of hydrogen-bond donors (Lipinski definition) is 3. The van der Waals surface area contributed by atoms with Crippen molar-refractivity contribution < 1.29 is 18.0 Å². The second-order valence-corrected chi connectivity index (χ2v) is 7.41. The van der Waals surface area contributed by atoms with E-state index >= 15 is 0 Å². The number of carbonyl (C=O) groups is 1. The van der Waals surface area contributed by atoms with Gasteiger partial charge in [0, 0.05) is 53.7 Å². The number of aryl methyl sites for hydroxylation is 1. The normalized spacial score (nSPS) is 14.2. The maximum Gasteiger partial charge on any atom is 0.418 e. The number of benzene rings is 2. The molecule has 0 bridgehead atoms. The molecule has 3 N–H and O–H groups in total. The van der Waals surface area contributed by atoms with Crippen LogP contribution in [0.5, 0.6) is 0 Å². The fourth-order valence-corrected chi connectivity index (χ4v) is 3.62. The van der Waals surface area contributed by atoms with E-state index in [-0.39, 0.29) is 17.3 Å². The predicted molar refractivity (Wildman–Crippen MR) is 119 cm³/mol. The van der Waals surface area contributed by atoms with Gasteiger partial charge >= 0.3 is 6.18 Å². The van der Waals surface area contributed by atoms with Gasteiger partial charge in [0.2, 0.25) is 0 Å². The number of carbonyl (C=O) groups excluding carboxylic acids is 1. The van der Waals surface area contributed by atoms with Gasteiger partial charge in [-0.3, -0.25) is 9.78 Å². The molecule has 0 saturated carbocycles. The van der Waals surface area contributed by atoms with Crippen LogP contribution in [0.3, 0.4) is 0 Å². The van der Waals surface area contributed by atoms with Crippen molar-refractivity contribution in [2.24, 2.45) is 0 Å². The van der Waals surface area contributed by atoms with Crippen molar-refractivity contribution in [1.82, 2.24) is 4.98 Å². The van der Waals surface area contributed by atoms with Crippen LogP contribution in [0.1, 0.15) is 22.4 Å². The van der Waals surface area contributed by atoms with Crippen LogP contribution in [0.15, 0.2) is 67.0 Å². The Balaban J connectivity index is 1.53. The third-order valence-electron chi connectivity index (χ3n) is 5.17. The highest BCUT2D eigenvalue weighted by molar-refractivity contribution is 6.32. The van der Waals surface area contributed by atoms with Gasteiger partial charge in [-0.1, -0.05) is 18.2 Å². The van der Waals surface area contributed by atoms with Crippen LogP contribution in [0.2, 0.25) is 0 Å². The fourth-order valence-electron chi connectivity index (χ4n) is 3.62. The lowest BCUT2D eigenvalue weighted by atomic mass is 10.0. The average molecular weight is 438 g/mol. The number of anilines is 3. The lowest BCUT2D eigenvalue weighted by Crippen LogP contribution is -2.13. The van der Waals surface area contributed by atoms with Gasteiger partial charge < -0.3 is 16.0 Å². The van der Waals surface area contributed by atoms with E-state index in [1.807, 2.05) is 31.2 Å². The SMILES string of the molecule is Cc1cccc2c1/C(=C\Nc1ccc(NCCc3ccccn3)c(C(F)(F)F)c1)C(=O)N2. The van der Waals surface area contributed by atoms with Crippen molar-refractivity contribution >= 4 is 28.5 Å². The zero-order chi connectivity index (χ0) is 22.7. The summed E-state index contributed by atoms with van der Waals surface area (Å²) in [6.45, 7) is 2.19. The van der Waals surface area contributed by atoms with Gasteiger partial charge in [0.1, 0.15) is 0 Å². The molecular weight excluding hydrogens is 417 g/mol. The van der Waals surface area contributed by atoms with E-state index in [0.717, 1.165) is 22.9 Å². The topological polar surface area (TPSA) is 66.0 Å². The second-order valence-electron chi connectivity index (χ2n) is 7.41.